The molecule has 3 N–H and O–H groups in total. The van der Waals surface area contributed by atoms with Crippen molar-refractivity contribution in [3.05, 3.63) is 77.6 Å². The molecule has 0 saturated carbocycles. The lowest BCUT2D eigenvalue weighted by atomic mass is 9.96. The van der Waals surface area contributed by atoms with Crippen LogP contribution in [0.3, 0.4) is 0 Å². The van der Waals surface area contributed by atoms with E-state index in [0.717, 1.165) is 24.5 Å². The van der Waals surface area contributed by atoms with Gasteiger partial charge in [0.2, 0.25) is 0 Å². The predicted molar refractivity (Wildman–Crippen MR) is 120 cm³/mol. The van der Waals surface area contributed by atoms with E-state index in [-0.39, 0.29) is 28.6 Å². The highest BCUT2D eigenvalue weighted by Crippen LogP contribution is 2.35. The molecule has 5 heteroatoms. The molecule has 0 radical (unpaired) electrons. The number of cyclic esters (lactones) is 1. The van der Waals surface area contributed by atoms with Gasteiger partial charge in [-0.1, -0.05) is 37.8 Å². The van der Waals surface area contributed by atoms with Crippen molar-refractivity contribution in [1.29, 1.82) is 0 Å². The van der Waals surface area contributed by atoms with Gasteiger partial charge < -0.3 is 20.1 Å². The van der Waals surface area contributed by atoms with E-state index < -0.39 is 17.8 Å². The average molecular weight is 411 g/mol. The molecule has 1 aromatic carbocycles. The van der Waals surface area contributed by atoms with Gasteiger partial charge in [-0.25, -0.2) is 4.79 Å². The van der Waals surface area contributed by atoms with Crippen LogP contribution in [0.5, 0.6) is 11.5 Å². The van der Waals surface area contributed by atoms with Crippen LogP contribution in [0.15, 0.2) is 60.9 Å². The first-order valence-electron chi connectivity index (χ1n) is 10.0. The smallest absolute Gasteiger partial charge is 0.343 e. The summed E-state index contributed by atoms with van der Waals surface area (Å²) >= 11 is 0. The van der Waals surface area contributed by atoms with Crippen LogP contribution in [0.4, 0.5) is 0 Å². The Labute approximate surface area is 178 Å². The van der Waals surface area contributed by atoms with Gasteiger partial charge in [-0.3, -0.25) is 0 Å². The summed E-state index contributed by atoms with van der Waals surface area (Å²) in [4.78, 5) is 13.1. The third kappa shape index (κ3) is 5.89. The van der Waals surface area contributed by atoms with E-state index >= 15 is 0 Å². The van der Waals surface area contributed by atoms with E-state index in [1.54, 1.807) is 6.92 Å². The minimum Gasteiger partial charge on any atom is -0.508 e. The first-order valence-corrected chi connectivity index (χ1v) is 10.0. The first-order chi connectivity index (χ1) is 14.2. The van der Waals surface area contributed by atoms with Gasteiger partial charge in [-0.05, 0) is 55.4 Å². The van der Waals surface area contributed by atoms with Gasteiger partial charge in [0, 0.05) is 18.1 Å². The molecule has 5 nitrogen and oxygen atoms in total. The Kier molecular flexibility index (Phi) is 8.10. The molecular formula is C25H30O5. The minimum absolute atomic E-state index is 0.0982. The summed E-state index contributed by atoms with van der Waals surface area (Å²) in [6.07, 6.45) is 12.5. The van der Waals surface area contributed by atoms with Crippen molar-refractivity contribution in [2.75, 3.05) is 0 Å². The van der Waals surface area contributed by atoms with Crippen molar-refractivity contribution >= 4 is 12.0 Å². The van der Waals surface area contributed by atoms with Crippen molar-refractivity contribution in [2.45, 2.75) is 45.6 Å². The molecule has 2 atom stereocenters. The zero-order valence-electron chi connectivity index (χ0n) is 17.6. The van der Waals surface area contributed by atoms with Crippen LogP contribution < -0.4 is 0 Å². The van der Waals surface area contributed by atoms with Gasteiger partial charge in [0.1, 0.15) is 28.9 Å². The van der Waals surface area contributed by atoms with Crippen molar-refractivity contribution in [1.82, 2.24) is 0 Å². The van der Waals surface area contributed by atoms with Crippen molar-refractivity contribution in [3.63, 3.8) is 0 Å². The highest BCUT2D eigenvalue weighted by atomic mass is 16.5. The maximum atomic E-state index is 13.1. The summed E-state index contributed by atoms with van der Waals surface area (Å²) in [5.41, 5.74) is 1.20. The normalized spacial score (nSPS) is 22.4. The maximum Gasteiger partial charge on any atom is 0.343 e. The fourth-order valence-corrected chi connectivity index (χ4v) is 3.21. The zero-order chi connectivity index (χ0) is 22.3. The Balaban J connectivity index is 2.53. The Morgan fingerprint density at radius 1 is 1.23 bits per heavy atom. The number of hydrogen-bond donors (Lipinski definition) is 3. The van der Waals surface area contributed by atoms with E-state index in [9.17, 15) is 20.1 Å². The minimum atomic E-state index is -0.749. The number of benzene rings is 1. The van der Waals surface area contributed by atoms with Crippen molar-refractivity contribution in [3.8, 4) is 11.5 Å². The molecule has 0 spiro atoms. The molecule has 1 heterocycles. The largest absolute Gasteiger partial charge is 0.508 e. The van der Waals surface area contributed by atoms with E-state index in [4.69, 9.17) is 4.74 Å². The lowest BCUT2D eigenvalue weighted by Gasteiger charge is -2.22. The van der Waals surface area contributed by atoms with Gasteiger partial charge in [0.15, 0.2) is 0 Å². The number of aliphatic hydroxyl groups is 1. The molecule has 1 aliphatic rings. The molecule has 30 heavy (non-hydrogen) atoms. The molecule has 2 rings (SSSR count). The fourth-order valence-electron chi connectivity index (χ4n) is 3.21. The monoisotopic (exact) mass is 410 g/mol. The predicted octanol–water partition coefficient (Wildman–Crippen LogP) is 5.90. The summed E-state index contributed by atoms with van der Waals surface area (Å²) in [5.74, 6) is -1.27. The van der Waals surface area contributed by atoms with Crippen LogP contribution in [-0.2, 0) is 4.74 Å². The van der Waals surface area contributed by atoms with Crippen molar-refractivity contribution in [2.24, 2.45) is 5.92 Å². The van der Waals surface area contributed by atoms with Crippen molar-refractivity contribution < 1.29 is 24.9 Å². The topological polar surface area (TPSA) is 87.0 Å². The van der Waals surface area contributed by atoms with E-state index in [1.165, 1.54) is 12.2 Å². The van der Waals surface area contributed by atoms with Crippen LogP contribution in [0, 0.1) is 12.8 Å². The molecule has 1 aromatic rings. The van der Waals surface area contributed by atoms with E-state index in [0.29, 0.717) is 18.4 Å². The number of fused-ring (bicyclic) bond motifs is 1. The zero-order valence-corrected chi connectivity index (χ0v) is 17.6. The molecule has 0 aliphatic carbocycles. The third-order valence-corrected chi connectivity index (χ3v) is 5.08. The average Bonchev–Trinajstić information content (AvgIpc) is 2.69. The number of phenols is 2. The molecule has 1 aliphatic heterocycles. The molecule has 0 bridgehead atoms. The molecule has 0 aromatic heterocycles. The molecular weight excluding hydrogens is 380 g/mol. The number of esters is 1. The Morgan fingerprint density at radius 2 is 1.93 bits per heavy atom. The summed E-state index contributed by atoms with van der Waals surface area (Å²) < 4.78 is 5.75. The number of carbonyl (C=O) groups is 1. The second-order valence-electron chi connectivity index (χ2n) is 7.55. The third-order valence-electron chi connectivity index (χ3n) is 5.08. The Morgan fingerprint density at radius 3 is 2.63 bits per heavy atom. The van der Waals surface area contributed by atoms with Crippen LogP contribution in [0.1, 0.15) is 54.1 Å². The van der Waals surface area contributed by atoms with Gasteiger partial charge in [0.25, 0.3) is 0 Å². The number of phenolic OH excluding ortho intramolecular Hbond substituents is 2. The van der Waals surface area contributed by atoms with Gasteiger partial charge in [-0.2, -0.15) is 0 Å². The standard InChI is InChI=1S/C25H30O5/c1-5-16(2)13-17(3)23-12-10-8-6-7-9-11-19(26)14-20-18(4)21(27)15-22(28)24(20)25(29)30-23/h5,8-11,14-16,23,26-28H,1,3,6-7,12-13H2,2,4H3/b10-8+,11-9+,19-14-/t16-,23?/m0/s1. The van der Waals surface area contributed by atoms with Crippen LogP contribution in [0.2, 0.25) is 0 Å². The number of hydrogen-bond acceptors (Lipinski definition) is 5. The summed E-state index contributed by atoms with van der Waals surface area (Å²) in [5, 5.41) is 30.7. The number of ether oxygens (including phenoxy) is 1. The second kappa shape index (κ2) is 10.5. The molecule has 0 saturated heterocycles. The van der Waals surface area contributed by atoms with E-state index in [2.05, 4.69) is 13.2 Å². The number of allylic oxidation sites excluding steroid dienone is 4. The Hall–Kier alpha value is -3.21. The second-order valence-corrected chi connectivity index (χ2v) is 7.55. The summed E-state index contributed by atoms with van der Waals surface area (Å²) in [6.45, 7) is 11.5. The lowest BCUT2D eigenvalue weighted by Crippen LogP contribution is -2.21. The molecule has 0 fully saturated rings. The quantitative estimate of drug-likeness (QED) is 0.425. The number of carbonyl (C=O) groups excluding carboxylic acids is 1. The number of aromatic hydroxyl groups is 2. The highest BCUT2D eigenvalue weighted by molar-refractivity contribution is 5.98. The molecule has 160 valence electrons. The molecule has 0 amide bonds. The van der Waals surface area contributed by atoms with Crippen LogP contribution in [-0.4, -0.2) is 27.4 Å². The highest BCUT2D eigenvalue weighted by Gasteiger charge is 2.25. The molecule has 1 unspecified atom stereocenters. The Bertz CT molecular complexity index is 905. The summed E-state index contributed by atoms with van der Waals surface area (Å²) in [7, 11) is 0. The fraction of sp³-hybridized carbons (Fsp3) is 0.320. The summed E-state index contributed by atoms with van der Waals surface area (Å²) in [6, 6.07) is 1.10. The SMILES string of the molecule is C=C[C@H](C)CC(=C)C1C/C=C/CC/C=C/C(O)=C/c2c(C)c(O)cc(O)c2C(=O)O1. The number of aliphatic hydroxyl groups excluding tert-OH is 1. The maximum absolute atomic E-state index is 13.1. The van der Waals surface area contributed by atoms with E-state index in [1.807, 2.05) is 31.2 Å². The van der Waals surface area contributed by atoms with Gasteiger partial charge >= 0.3 is 5.97 Å². The van der Waals surface area contributed by atoms with Crippen LogP contribution >= 0.6 is 0 Å². The van der Waals surface area contributed by atoms with Gasteiger partial charge in [-0.15, -0.1) is 6.58 Å². The lowest BCUT2D eigenvalue weighted by molar-refractivity contribution is 0.0368. The van der Waals surface area contributed by atoms with Crippen LogP contribution in [0.25, 0.3) is 6.08 Å². The van der Waals surface area contributed by atoms with Gasteiger partial charge in [0.05, 0.1) is 0 Å². The first kappa shape index (κ1) is 23.1. The number of rotatable bonds is 4.